The molecule has 156 valence electrons. The van der Waals surface area contributed by atoms with E-state index >= 15 is 0 Å². The van der Waals surface area contributed by atoms with Crippen LogP contribution in [0.25, 0.3) is 0 Å². The number of nitrogens with one attached hydrogen (secondary N) is 2. The monoisotopic (exact) mass is 451 g/mol. The molecular weight excluding hydrogens is 438 g/mol. The molecule has 3 aromatic rings. The van der Waals surface area contributed by atoms with Crippen molar-refractivity contribution in [2.24, 2.45) is 0 Å². The molecule has 0 saturated heterocycles. The zero-order valence-electron chi connectivity index (χ0n) is 15.3. The van der Waals surface area contributed by atoms with Gasteiger partial charge in [-0.05, 0) is 43.3 Å². The molecule has 2 heterocycles. The number of benzene rings is 1. The van der Waals surface area contributed by atoms with Gasteiger partial charge in [0.05, 0.1) is 9.82 Å². The summed E-state index contributed by atoms with van der Waals surface area (Å²) in [6.45, 7) is 1.52. The lowest BCUT2D eigenvalue weighted by Crippen LogP contribution is -2.24. The van der Waals surface area contributed by atoms with Gasteiger partial charge in [-0.15, -0.1) is 10.2 Å². The fourth-order valence-electron chi connectivity index (χ4n) is 2.29. The lowest BCUT2D eigenvalue weighted by Gasteiger charge is -2.13. The second-order valence-electron chi connectivity index (χ2n) is 5.97. The lowest BCUT2D eigenvalue weighted by molar-refractivity contribution is -0.385. The molecule has 1 atom stereocenters. The third-order valence-electron chi connectivity index (χ3n) is 3.88. The number of nitro groups is 1. The van der Waals surface area contributed by atoms with E-state index in [1.807, 2.05) is 0 Å². The third kappa shape index (κ3) is 4.87. The summed E-state index contributed by atoms with van der Waals surface area (Å²) in [5.74, 6) is -0.489. The predicted molar refractivity (Wildman–Crippen MR) is 107 cm³/mol. The van der Waals surface area contributed by atoms with Crippen LogP contribution in [-0.4, -0.2) is 39.2 Å². The second kappa shape index (κ2) is 8.42. The smallest absolute Gasteiger partial charge is 0.307 e. The zero-order valence-corrected chi connectivity index (χ0v) is 16.8. The molecule has 1 amide bonds. The summed E-state index contributed by atoms with van der Waals surface area (Å²) in [6.07, 6.45) is 2.19. The molecule has 30 heavy (non-hydrogen) atoms. The maximum Gasteiger partial charge on any atom is 0.307 e. The summed E-state index contributed by atoms with van der Waals surface area (Å²) in [5.41, 5.74) is 0.0980. The SMILES string of the molecule is CC(C(=O)Nc1ccc(S(=O)(=O)Nc2ccc(Cl)nn2)cc1)n1cc([N+](=O)[O-])cn1. The quantitative estimate of drug-likeness (QED) is 0.408. The van der Waals surface area contributed by atoms with Gasteiger partial charge in [0.1, 0.15) is 18.4 Å². The van der Waals surface area contributed by atoms with Crippen LogP contribution in [0.2, 0.25) is 5.15 Å². The highest BCUT2D eigenvalue weighted by Gasteiger charge is 2.20. The van der Waals surface area contributed by atoms with Crippen LogP contribution in [0.5, 0.6) is 0 Å². The highest BCUT2D eigenvalue weighted by molar-refractivity contribution is 7.92. The summed E-state index contributed by atoms with van der Waals surface area (Å²) in [6, 6.07) is 7.32. The Morgan fingerprint density at radius 2 is 1.90 bits per heavy atom. The van der Waals surface area contributed by atoms with E-state index in [1.165, 1.54) is 43.3 Å². The van der Waals surface area contributed by atoms with Gasteiger partial charge in [0, 0.05) is 5.69 Å². The number of aromatic nitrogens is 4. The highest BCUT2D eigenvalue weighted by atomic mass is 35.5. The number of rotatable bonds is 7. The number of hydrogen-bond donors (Lipinski definition) is 2. The number of nitrogens with zero attached hydrogens (tertiary/aromatic N) is 5. The van der Waals surface area contributed by atoms with Crippen molar-refractivity contribution in [2.75, 3.05) is 10.0 Å². The van der Waals surface area contributed by atoms with Crippen molar-refractivity contribution in [1.29, 1.82) is 0 Å². The topological polar surface area (TPSA) is 162 Å². The van der Waals surface area contributed by atoms with E-state index in [0.717, 1.165) is 17.1 Å². The molecule has 0 aliphatic heterocycles. The molecule has 14 heteroatoms. The summed E-state index contributed by atoms with van der Waals surface area (Å²) in [7, 11) is -3.92. The number of sulfonamides is 1. The molecule has 0 fully saturated rings. The minimum Gasteiger partial charge on any atom is -0.324 e. The van der Waals surface area contributed by atoms with E-state index in [-0.39, 0.29) is 21.6 Å². The average molecular weight is 452 g/mol. The summed E-state index contributed by atoms with van der Waals surface area (Å²) >= 11 is 5.61. The predicted octanol–water partition coefficient (Wildman–Crippen LogP) is 2.24. The van der Waals surface area contributed by atoms with Crippen molar-refractivity contribution >= 4 is 44.7 Å². The Labute approximate surface area is 175 Å². The number of carbonyl (C=O) groups excluding carboxylic acids is 1. The normalized spacial score (nSPS) is 12.2. The van der Waals surface area contributed by atoms with Crippen molar-refractivity contribution in [3.05, 3.63) is 64.1 Å². The van der Waals surface area contributed by atoms with Gasteiger partial charge >= 0.3 is 5.69 Å². The maximum absolute atomic E-state index is 12.4. The van der Waals surface area contributed by atoms with Crippen LogP contribution in [0, 0.1) is 10.1 Å². The molecule has 1 unspecified atom stereocenters. The van der Waals surface area contributed by atoms with Crippen molar-refractivity contribution in [2.45, 2.75) is 17.9 Å². The van der Waals surface area contributed by atoms with Crippen LogP contribution >= 0.6 is 11.6 Å². The summed E-state index contributed by atoms with van der Waals surface area (Å²) in [4.78, 5) is 22.4. The van der Waals surface area contributed by atoms with E-state index in [2.05, 4.69) is 25.3 Å². The molecule has 2 N–H and O–H groups in total. The van der Waals surface area contributed by atoms with Crippen LogP contribution in [0.3, 0.4) is 0 Å². The van der Waals surface area contributed by atoms with Crippen LogP contribution in [0.4, 0.5) is 17.2 Å². The first-order valence-electron chi connectivity index (χ1n) is 8.27. The van der Waals surface area contributed by atoms with Crippen molar-refractivity contribution in [1.82, 2.24) is 20.0 Å². The van der Waals surface area contributed by atoms with Crippen LogP contribution < -0.4 is 10.0 Å². The van der Waals surface area contributed by atoms with Gasteiger partial charge < -0.3 is 5.32 Å². The second-order valence-corrected chi connectivity index (χ2v) is 8.04. The Morgan fingerprint density at radius 3 is 2.47 bits per heavy atom. The van der Waals surface area contributed by atoms with E-state index in [0.29, 0.717) is 5.69 Å². The number of carbonyl (C=O) groups is 1. The molecule has 0 spiro atoms. The lowest BCUT2D eigenvalue weighted by atomic mass is 10.2. The Morgan fingerprint density at radius 1 is 1.20 bits per heavy atom. The molecule has 0 radical (unpaired) electrons. The van der Waals surface area contributed by atoms with Gasteiger partial charge in [-0.25, -0.2) is 8.42 Å². The fourth-order valence-corrected chi connectivity index (χ4v) is 3.38. The standard InChI is InChI=1S/C16H14ClN7O5S/c1-10(23-9-12(8-18-23)24(26)27)16(25)19-11-2-4-13(5-3-11)30(28,29)22-15-7-6-14(17)20-21-15/h2-10H,1H3,(H,19,25)(H,21,22). The molecule has 0 aliphatic carbocycles. The zero-order chi connectivity index (χ0) is 21.9. The van der Waals surface area contributed by atoms with E-state index in [1.54, 1.807) is 0 Å². The molecule has 3 rings (SSSR count). The van der Waals surface area contributed by atoms with Gasteiger partial charge in [-0.2, -0.15) is 5.10 Å². The van der Waals surface area contributed by atoms with Gasteiger partial charge in [0.2, 0.25) is 5.91 Å². The van der Waals surface area contributed by atoms with Gasteiger partial charge in [0.15, 0.2) is 11.0 Å². The Bertz CT molecular complexity index is 1180. The van der Waals surface area contributed by atoms with E-state index in [4.69, 9.17) is 11.6 Å². The van der Waals surface area contributed by atoms with E-state index in [9.17, 15) is 23.3 Å². The number of amides is 1. The Kier molecular flexibility index (Phi) is 5.94. The molecule has 2 aromatic heterocycles. The third-order valence-corrected chi connectivity index (χ3v) is 5.45. The number of hydrogen-bond acceptors (Lipinski definition) is 8. The van der Waals surface area contributed by atoms with Gasteiger partial charge in [-0.3, -0.25) is 24.3 Å². The summed E-state index contributed by atoms with van der Waals surface area (Å²) < 4.78 is 28.2. The highest BCUT2D eigenvalue weighted by Crippen LogP contribution is 2.19. The Balaban J connectivity index is 1.67. The van der Waals surface area contributed by atoms with Gasteiger partial charge in [0.25, 0.3) is 10.0 Å². The molecule has 0 aliphatic rings. The fraction of sp³-hybridized carbons (Fsp3) is 0.125. The first-order valence-corrected chi connectivity index (χ1v) is 10.1. The minimum atomic E-state index is -3.92. The molecule has 0 bridgehead atoms. The largest absolute Gasteiger partial charge is 0.324 e. The summed E-state index contributed by atoms with van der Waals surface area (Å²) in [5, 5.41) is 24.4. The number of anilines is 2. The van der Waals surface area contributed by atoms with Crippen LogP contribution in [-0.2, 0) is 14.8 Å². The van der Waals surface area contributed by atoms with Crippen molar-refractivity contribution in [3.8, 4) is 0 Å². The van der Waals surface area contributed by atoms with Gasteiger partial charge in [-0.1, -0.05) is 11.6 Å². The van der Waals surface area contributed by atoms with Crippen LogP contribution in [0.1, 0.15) is 13.0 Å². The molecule has 0 saturated carbocycles. The van der Waals surface area contributed by atoms with E-state index < -0.39 is 26.9 Å². The molecular formula is C16H14ClN7O5S. The van der Waals surface area contributed by atoms with Crippen LogP contribution in [0.15, 0.2) is 53.7 Å². The Hall–Kier alpha value is -3.58. The maximum atomic E-state index is 12.4. The number of halogens is 1. The minimum absolute atomic E-state index is 0.001000. The molecule has 12 nitrogen and oxygen atoms in total. The average Bonchev–Trinajstić information content (AvgIpc) is 3.20. The first kappa shape index (κ1) is 21.1. The van der Waals surface area contributed by atoms with Crippen molar-refractivity contribution < 1.29 is 18.1 Å². The molecule has 1 aromatic carbocycles. The first-order chi connectivity index (χ1) is 14.2. The van der Waals surface area contributed by atoms with Crippen molar-refractivity contribution in [3.63, 3.8) is 0 Å².